The van der Waals surface area contributed by atoms with Crippen molar-refractivity contribution < 1.29 is 0 Å². The lowest BCUT2D eigenvalue weighted by atomic mass is 9.78. The molecule has 0 nitrogen and oxygen atoms in total. The van der Waals surface area contributed by atoms with Crippen LogP contribution in [-0.2, 0) is 5.41 Å². The Labute approximate surface area is 240 Å². The normalized spacial score (nSPS) is 13.8. The van der Waals surface area contributed by atoms with Crippen molar-refractivity contribution in [2.45, 2.75) is 19.3 Å². The first-order chi connectivity index (χ1) is 20.1. The van der Waals surface area contributed by atoms with Gasteiger partial charge in [-0.05, 0) is 100 Å². The van der Waals surface area contributed by atoms with Gasteiger partial charge in [-0.1, -0.05) is 135 Å². The van der Waals surface area contributed by atoms with Crippen LogP contribution in [0.15, 0.2) is 133 Å². The van der Waals surface area contributed by atoms with E-state index < -0.39 is 0 Å². The molecule has 0 atom stereocenters. The molecule has 0 aliphatic heterocycles. The van der Waals surface area contributed by atoms with Gasteiger partial charge in [0, 0.05) is 5.41 Å². The fourth-order valence-corrected chi connectivity index (χ4v) is 7.79. The lowest BCUT2D eigenvalue weighted by Crippen LogP contribution is -2.14. The van der Waals surface area contributed by atoms with E-state index in [1.165, 1.54) is 88.3 Å². The van der Waals surface area contributed by atoms with Crippen molar-refractivity contribution in [3.8, 4) is 55.6 Å². The Morgan fingerprint density at radius 1 is 0.390 bits per heavy atom. The zero-order chi connectivity index (χ0) is 27.3. The van der Waals surface area contributed by atoms with E-state index in [1.54, 1.807) is 0 Å². The highest BCUT2D eigenvalue weighted by Crippen LogP contribution is 2.59. The van der Waals surface area contributed by atoms with Gasteiger partial charge in [-0.2, -0.15) is 0 Å². The van der Waals surface area contributed by atoms with E-state index in [4.69, 9.17) is 0 Å². The topological polar surface area (TPSA) is 0 Å². The third kappa shape index (κ3) is 2.95. The Morgan fingerprint density at radius 3 is 1.51 bits per heavy atom. The van der Waals surface area contributed by atoms with Crippen molar-refractivity contribution in [2.75, 3.05) is 0 Å². The summed E-state index contributed by atoms with van der Waals surface area (Å²) >= 11 is 0. The van der Waals surface area contributed by atoms with Gasteiger partial charge in [0.2, 0.25) is 0 Å². The molecule has 0 saturated carbocycles. The van der Waals surface area contributed by atoms with Crippen molar-refractivity contribution in [1.29, 1.82) is 0 Å². The molecule has 0 amide bonds. The van der Waals surface area contributed by atoms with Gasteiger partial charge in [-0.15, -0.1) is 0 Å². The second-order valence-electron chi connectivity index (χ2n) is 12.1. The molecule has 0 spiro atoms. The van der Waals surface area contributed by atoms with Gasteiger partial charge < -0.3 is 0 Å². The second kappa shape index (κ2) is 8.05. The molecule has 0 fully saturated rings. The summed E-state index contributed by atoms with van der Waals surface area (Å²) < 4.78 is 0. The third-order valence-corrected chi connectivity index (χ3v) is 9.58. The Bertz CT molecular complexity index is 2190. The average molecular weight is 521 g/mol. The van der Waals surface area contributed by atoms with Crippen LogP contribution in [0.3, 0.4) is 0 Å². The predicted molar refractivity (Wildman–Crippen MR) is 174 cm³/mol. The molecule has 192 valence electrons. The van der Waals surface area contributed by atoms with Gasteiger partial charge in [0.05, 0.1) is 0 Å². The third-order valence-electron chi connectivity index (χ3n) is 9.58. The maximum absolute atomic E-state index is 2.53. The summed E-state index contributed by atoms with van der Waals surface area (Å²) in [4.78, 5) is 0. The van der Waals surface area contributed by atoms with Crippen LogP contribution in [-0.4, -0.2) is 0 Å². The SMILES string of the molecule is CC1(C)c2ccccc2-c2cc3c(-c4ccccc4)c4c(c(-c5ccccc5)c3cc21)-c1cccc2cccc-4c12. The summed E-state index contributed by atoms with van der Waals surface area (Å²) in [6.45, 7) is 4.77. The van der Waals surface area contributed by atoms with E-state index in [9.17, 15) is 0 Å². The zero-order valence-corrected chi connectivity index (χ0v) is 23.2. The van der Waals surface area contributed by atoms with Crippen LogP contribution in [0.5, 0.6) is 0 Å². The molecule has 2 aliphatic rings. The molecule has 0 radical (unpaired) electrons. The van der Waals surface area contributed by atoms with Gasteiger partial charge >= 0.3 is 0 Å². The summed E-state index contributed by atoms with van der Waals surface area (Å²) in [6.07, 6.45) is 0. The Morgan fingerprint density at radius 2 is 0.902 bits per heavy atom. The minimum Gasteiger partial charge on any atom is -0.0622 e. The van der Waals surface area contributed by atoms with Crippen LogP contribution in [0.25, 0.3) is 77.2 Å². The van der Waals surface area contributed by atoms with Crippen molar-refractivity contribution in [3.05, 3.63) is 145 Å². The highest BCUT2D eigenvalue weighted by Gasteiger charge is 2.37. The Hall–Kier alpha value is -4.94. The minimum atomic E-state index is -0.0665. The summed E-state index contributed by atoms with van der Waals surface area (Å²) in [5, 5.41) is 5.33. The molecule has 0 aromatic heterocycles. The van der Waals surface area contributed by atoms with Crippen LogP contribution in [0, 0.1) is 0 Å². The molecule has 0 bridgehead atoms. The predicted octanol–water partition coefficient (Wildman–Crippen LogP) is 11.3. The van der Waals surface area contributed by atoms with Gasteiger partial charge in [0.25, 0.3) is 0 Å². The fourth-order valence-electron chi connectivity index (χ4n) is 7.79. The summed E-state index contributed by atoms with van der Waals surface area (Å²) in [7, 11) is 0. The molecular weight excluding hydrogens is 492 g/mol. The van der Waals surface area contributed by atoms with E-state index in [0.717, 1.165) is 0 Å². The van der Waals surface area contributed by atoms with Crippen LogP contribution in [0.1, 0.15) is 25.0 Å². The largest absolute Gasteiger partial charge is 0.0622 e. The molecular formula is C41H28. The van der Waals surface area contributed by atoms with Gasteiger partial charge in [0.15, 0.2) is 0 Å². The van der Waals surface area contributed by atoms with Crippen LogP contribution in [0.4, 0.5) is 0 Å². The van der Waals surface area contributed by atoms with Gasteiger partial charge in [-0.3, -0.25) is 0 Å². The maximum Gasteiger partial charge on any atom is 0.0159 e. The molecule has 0 heteroatoms. The fraction of sp³-hybridized carbons (Fsp3) is 0.0732. The van der Waals surface area contributed by atoms with E-state index in [2.05, 4.69) is 147 Å². The standard InChI is InChI=1S/C41H28/c1-41(2)34-22-10-9-19-28(34)31-23-32-33(24-35(31)41)38(27-15-7-4-8-16-27)40-30-21-12-18-25-17-11-20-29(36(25)30)39(40)37(32)26-13-5-3-6-14-26/h3-24H,1-2H3. The molecule has 0 heterocycles. The molecule has 0 saturated heterocycles. The molecule has 0 unspecified atom stereocenters. The number of fused-ring (bicyclic) bond motifs is 7. The maximum atomic E-state index is 2.53. The van der Waals surface area contributed by atoms with Crippen LogP contribution in [0.2, 0.25) is 0 Å². The minimum absolute atomic E-state index is 0.0665. The van der Waals surface area contributed by atoms with Crippen molar-refractivity contribution in [1.82, 2.24) is 0 Å². The molecule has 41 heavy (non-hydrogen) atoms. The molecule has 7 aromatic rings. The first kappa shape index (κ1) is 22.8. The van der Waals surface area contributed by atoms with Crippen molar-refractivity contribution >= 4 is 21.5 Å². The van der Waals surface area contributed by atoms with E-state index in [-0.39, 0.29) is 5.41 Å². The zero-order valence-electron chi connectivity index (χ0n) is 23.2. The molecule has 0 N–H and O–H groups in total. The van der Waals surface area contributed by atoms with Gasteiger partial charge in [-0.25, -0.2) is 0 Å². The lowest BCUT2D eigenvalue weighted by molar-refractivity contribution is 0.661. The summed E-state index contributed by atoms with van der Waals surface area (Å²) in [6, 6.07) is 49.7. The lowest BCUT2D eigenvalue weighted by Gasteiger charge is -2.24. The van der Waals surface area contributed by atoms with Crippen LogP contribution < -0.4 is 0 Å². The number of rotatable bonds is 2. The second-order valence-corrected chi connectivity index (χ2v) is 12.1. The quantitative estimate of drug-likeness (QED) is 0.213. The van der Waals surface area contributed by atoms with Crippen molar-refractivity contribution in [3.63, 3.8) is 0 Å². The number of hydrogen-bond donors (Lipinski definition) is 0. The summed E-state index contributed by atoms with van der Waals surface area (Å²) in [5.41, 5.74) is 16.1. The Kier molecular flexibility index (Phi) is 4.49. The van der Waals surface area contributed by atoms with Crippen molar-refractivity contribution in [2.24, 2.45) is 0 Å². The summed E-state index contributed by atoms with van der Waals surface area (Å²) in [5.74, 6) is 0. The van der Waals surface area contributed by atoms with E-state index in [1.807, 2.05) is 0 Å². The van der Waals surface area contributed by atoms with Crippen LogP contribution >= 0.6 is 0 Å². The molecule has 7 aromatic carbocycles. The first-order valence-corrected chi connectivity index (χ1v) is 14.5. The monoisotopic (exact) mass is 520 g/mol. The smallest absolute Gasteiger partial charge is 0.0159 e. The van der Waals surface area contributed by atoms with E-state index in [0.29, 0.717) is 0 Å². The highest BCUT2D eigenvalue weighted by atomic mass is 14.4. The Balaban J connectivity index is 1.55. The molecule has 9 rings (SSSR count). The van der Waals surface area contributed by atoms with E-state index >= 15 is 0 Å². The number of benzene rings is 7. The average Bonchev–Trinajstić information content (AvgIpc) is 3.46. The van der Waals surface area contributed by atoms with Gasteiger partial charge in [0.1, 0.15) is 0 Å². The first-order valence-electron chi connectivity index (χ1n) is 14.5. The highest BCUT2D eigenvalue weighted by molar-refractivity contribution is 6.28. The number of hydrogen-bond acceptors (Lipinski definition) is 0. The molecule has 2 aliphatic carbocycles.